The van der Waals surface area contributed by atoms with E-state index in [1.807, 2.05) is 6.92 Å². The third kappa shape index (κ3) is 4.11. The van der Waals surface area contributed by atoms with Crippen LogP contribution in [0, 0.1) is 11.3 Å². The first-order valence-corrected chi connectivity index (χ1v) is 8.55. The first kappa shape index (κ1) is 17.5. The van der Waals surface area contributed by atoms with E-state index in [0.29, 0.717) is 13.0 Å². The van der Waals surface area contributed by atoms with E-state index in [2.05, 4.69) is 20.4 Å². The summed E-state index contributed by atoms with van der Waals surface area (Å²) in [6.07, 6.45) is 5.51. The van der Waals surface area contributed by atoms with Crippen molar-refractivity contribution in [1.29, 1.82) is 0 Å². The first-order chi connectivity index (χ1) is 10.4. The van der Waals surface area contributed by atoms with Crippen LogP contribution in [0.25, 0.3) is 0 Å². The van der Waals surface area contributed by atoms with Crippen molar-refractivity contribution in [3.63, 3.8) is 0 Å². The lowest BCUT2D eigenvalue weighted by atomic mass is 9.63. The van der Waals surface area contributed by atoms with Gasteiger partial charge >= 0.3 is 5.97 Å². The standard InChI is InChI=1S/C18H30O4/c1-5-20-16(19)12-14-13(2)9-10-15(18(14,3)4)22-17-8-6-7-11-21-17/h14-15,17H,2,5-12H2,1,3-4H3/t14?,15-,17?/m0/s1. The Morgan fingerprint density at radius 1 is 1.36 bits per heavy atom. The third-order valence-corrected chi connectivity index (χ3v) is 5.08. The van der Waals surface area contributed by atoms with Crippen molar-refractivity contribution in [2.24, 2.45) is 11.3 Å². The van der Waals surface area contributed by atoms with Crippen LogP contribution in [-0.2, 0) is 19.0 Å². The van der Waals surface area contributed by atoms with E-state index in [0.717, 1.165) is 44.3 Å². The SMILES string of the molecule is C=C1CC[C@H](OC2CCCCO2)C(C)(C)C1CC(=O)OCC. The average Bonchev–Trinajstić information content (AvgIpc) is 2.48. The second-order valence-corrected chi connectivity index (χ2v) is 7.00. The molecule has 1 aliphatic heterocycles. The fourth-order valence-corrected chi connectivity index (χ4v) is 3.65. The summed E-state index contributed by atoms with van der Waals surface area (Å²) in [5, 5.41) is 0. The predicted molar refractivity (Wildman–Crippen MR) is 85.4 cm³/mol. The van der Waals surface area contributed by atoms with E-state index in [-0.39, 0.29) is 29.7 Å². The molecule has 0 aromatic heterocycles. The Kier molecular flexibility index (Phi) is 6.04. The summed E-state index contributed by atoms with van der Waals surface area (Å²) in [5.74, 6) is -0.0369. The maximum Gasteiger partial charge on any atom is 0.306 e. The summed E-state index contributed by atoms with van der Waals surface area (Å²) in [5.41, 5.74) is 1.01. The molecular formula is C18H30O4. The maximum absolute atomic E-state index is 11.9. The summed E-state index contributed by atoms with van der Waals surface area (Å²) >= 11 is 0. The summed E-state index contributed by atoms with van der Waals surface area (Å²) in [7, 11) is 0. The van der Waals surface area contributed by atoms with Crippen LogP contribution in [-0.4, -0.2) is 31.6 Å². The number of esters is 1. The normalized spacial score (nSPS) is 31.8. The molecule has 2 fully saturated rings. The number of rotatable bonds is 5. The van der Waals surface area contributed by atoms with Crippen molar-refractivity contribution in [1.82, 2.24) is 0 Å². The second kappa shape index (κ2) is 7.60. The van der Waals surface area contributed by atoms with Crippen molar-refractivity contribution in [2.45, 2.75) is 71.7 Å². The van der Waals surface area contributed by atoms with E-state index in [1.54, 1.807) is 0 Å². The molecule has 0 aromatic rings. The zero-order valence-electron chi connectivity index (χ0n) is 14.2. The van der Waals surface area contributed by atoms with E-state index in [1.165, 1.54) is 0 Å². The molecular weight excluding hydrogens is 280 g/mol. The summed E-state index contributed by atoms with van der Waals surface area (Å²) in [4.78, 5) is 11.9. The topological polar surface area (TPSA) is 44.8 Å². The Labute approximate surface area is 134 Å². The molecule has 4 heteroatoms. The molecule has 4 nitrogen and oxygen atoms in total. The van der Waals surface area contributed by atoms with Crippen LogP contribution in [0.2, 0.25) is 0 Å². The van der Waals surface area contributed by atoms with Gasteiger partial charge in [0.05, 0.1) is 19.1 Å². The molecule has 1 aliphatic carbocycles. The molecule has 126 valence electrons. The minimum absolute atomic E-state index is 0.0902. The number of carbonyl (C=O) groups is 1. The highest BCUT2D eigenvalue weighted by atomic mass is 16.7. The average molecular weight is 310 g/mol. The number of carbonyl (C=O) groups excluding carboxylic acids is 1. The number of allylic oxidation sites excluding steroid dienone is 1. The lowest BCUT2D eigenvalue weighted by molar-refractivity contribution is -0.219. The predicted octanol–water partition coefficient (Wildman–Crippen LogP) is 3.84. The fourth-order valence-electron chi connectivity index (χ4n) is 3.65. The number of ether oxygens (including phenoxy) is 3. The monoisotopic (exact) mass is 310 g/mol. The highest BCUT2D eigenvalue weighted by molar-refractivity contribution is 5.70. The Morgan fingerprint density at radius 2 is 2.14 bits per heavy atom. The lowest BCUT2D eigenvalue weighted by Gasteiger charge is -2.47. The van der Waals surface area contributed by atoms with Gasteiger partial charge in [0.2, 0.25) is 0 Å². The van der Waals surface area contributed by atoms with Gasteiger partial charge in [0.25, 0.3) is 0 Å². The molecule has 22 heavy (non-hydrogen) atoms. The van der Waals surface area contributed by atoms with E-state index in [9.17, 15) is 4.79 Å². The summed E-state index contributed by atoms with van der Waals surface area (Å²) in [6, 6.07) is 0. The Morgan fingerprint density at radius 3 is 2.77 bits per heavy atom. The molecule has 1 heterocycles. The number of hydrogen-bond donors (Lipinski definition) is 0. The molecule has 0 amide bonds. The Bertz CT molecular complexity index is 396. The van der Waals surface area contributed by atoms with Gasteiger partial charge in [0.15, 0.2) is 6.29 Å². The molecule has 0 bridgehead atoms. The van der Waals surface area contributed by atoms with Gasteiger partial charge in [-0.2, -0.15) is 0 Å². The maximum atomic E-state index is 11.9. The minimum atomic E-state index is -0.142. The summed E-state index contributed by atoms with van der Waals surface area (Å²) < 4.78 is 17.1. The highest BCUT2D eigenvalue weighted by Crippen LogP contribution is 2.47. The van der Waals surface area contributed by atoms with Gasteiger partial charge in [-0.15, -0.1) is 0 Å². The van der Waals surface area contributed by atoms with Crippen LogP contribution in [0.4, 0.5) is 0 Å². The zero-order valence-corrected chi connectivity index (χ0v) is 14.2. The van der Waals surface area contributed by atoms with Gasteiger partial charge in [-0.25, -0.2) is 0 Å². The molecule has 3 atom stereocenters. The highest BCUT2D eigenvalue weighted by Gasteiger charge is 2.44. The second-order valence-electron chi connectivity index (χ2n) is 7.00. The Balaban J connectivity index is 2.02. The van der Waals surface area contributed by atoms with E-state index < -0.39 is 0 Å². The van der Waals surface area contributed by atoms with E-state index >= 15 is 0 Å². The van der Waals surface area contributed by atoms with Gasteiger partial charge in [0, 0.05) is 6.61 Å². The summed E-state index contributed by atoms with van der Waals surface area (Å²) in [6.45, 7) is 11.6. The molecule has 0 aromatic carbocycles. The molecule has 1 saturated heterocycles. The van der Waals surface area contributed by atoms with Gasteiger partial charge < -0.3 is 14.2 Å². The lowest BCUT2D eigenvalue weighted by Crippen LogP contribution is -2.46. The minimum Gasteiger partial charge on any atom is -0.466 e. The molecule has 0 spiro atoms. The van der Waals surface area contributed by atoms with Crippen molar-refractivity contribution < 1.29 is 19.0 Å². The van der Waals surface area contributed by atoms with Gasteiger partial charge in [-0.3, -0.25) is 4.79 Å². The zero-order chi connectivity index (χ0) is 16.2. The molecule has 2 rings (SSSR count). The molecule has 2 aliphatic rings. The van der Waals surface area contributed by atoms with Crippen LogP contribution in [0.15, 0.2) is 12.2 Å². The van der Waals surface area contributed by atoms with Crippen LogP contribution in [0.5, 0.6) is 0 Å². The third-order valence-electron chi connectivity index (χ3n) is 5.08. The smallest absolute Gasteiger partial charge is 0.306 e. The number of hydrogen-bond acceptors (Lipinski definition) is 4. The van der Waals surface area contributed by atoms with Crippen molar-refractivity contribution in [2.75, 3.05) is 13.2 Å². The molecule has 0 radical (unpaired) electrons. The van der Waals surface area contributed by atoms with Gasteiger partial charge in [0.1, 0.15) is 0 Å². The molecule has 0 N–H and O–H groups in total. The Hall–Kier alpha value is -0.870. The quantitative estimate of drug-likeness (QED) is 0.571. The first-order valence-electron chi connectivity index (χ1n) is 8.55. The van der Waals surface area contributed by atoms with Crippen molar-refractivity contribution in [3.8, 4) is 0 Å². The largest absolute Gasteiger partial charge is 0.466 e. The molecule has 2 unspecified atom stereocenters. The van der Waals surface area contributed by atoms with Crippen LogP contribution < -0.4 is 0 Å². The van der Waals surface area contributed by atoms with Crippen molar-refractivity contribution in [3.05, 3.63) is 12.2 Å². The van der Waals surface area contributed by atoms with Crippen molar-refractivity contribution >= 4 is 5.97 Å². The van der Waals surface area contributed by atoms with Crippen LogP contribution in [0.3, 0.4) is 0 Å². The van der Waals surface area contributed by atoms with Gasteiger partial charge in [-0.1, -0.05) is 26.0 Å². The van der Waals surface area contributed by atoms with Crippen LogP contribution in [0.1, 0.15) is 59.3 Å². The van der Waals surface area contributed by atoms with Crippen LogP contribution >= 0.6 is 0 Å². The van der Waals surface area contributed by atoms with E-state index in [4.69, 9.17) is 14.2 Å². The molecule has 1 saturated carbocycles. The van der Waals surface area contributed by atoms with Gasteiger partial charge in [-0.05, 0) is 50.4 Å². The fraction of sp³-hybridized carbons (Fsp3) is 0.833.